The molecule has 0 amide bonds. The Bertz CT molecular complexity index is 436. The molecule has 2 aromatic carbocycles. The van der Waals surface area contributed by atoms with Crippen molar-refractivity contribution in [2.45, 2.75) is 6.61 Å². The van der Waals surface area contributed by atoms with E-state index in [1.165, 1.54) is 5.56 Å². The van der Waals surface area contributed by atoms with Crippen LogP contribution in [0, 0.1) is 6.42 Å². The lowest BCUT2D eigenvalue weighted by molar-refractivity contribution is 0.306. The zero-order valence-corrected chi connectivity index (χ0v) is 9.67. The van der Waals surface area contributed by atoms with Gasteiger partial charge in [0.25, 0.3) is 0 Å². The number of nitrogens with two attached hydrogens (primary N) is 1. The van der Waals surface area contributed by atoms with E-state index in [4.69, 9.17) is 10.5 Å². The summed E-state index contributed by atoms with van der Waals surface area (Å²) in [6, 6.07) is 18.1. The highest BCUT2D eigenvalue weighted by molar-refractivity contribution is 5.31. The van der Waals surface area contributed by atoms with E-state index in [0.717, 1.165) is 11.3 Å². The molecule has 0 unspecified atom stereocenters. The number of hydrogen-bond acceptors (Lipinski definition) is 2. The molecule has 2 aromatic rings. The summed E-state index contributed by atoms with van der Waals surface area (Å²) in [5.74, 6) is 0.878. The Morgan fingerprint density at radius 3 is 2.29 bits per heavy atom. The van der Waals surface area contributed by atoms with Crippen molar-refractivity contribution in [1.29, 1.82) is 0 Å². The molecule has 2 nitrogen and oxygen atoms in total. The average Bonchev–Trinajstić information content (AvgIpc) is 2.40. The van der Waals surface area contributed by atoms with E-state index in [-0.39, 0.29) is 0 Å². The minimum absolute atomic E-state index is 0.560. The van der Waals surface area contributed by atoms with Crippen LogP contribution in [0.25, 0.3) is 0 Å². The zero-order chi connectivity index (χ0) is 11.9. The van der Waals surface area contributed by atoms with Gasteiger partial charge in [-0.1, -0.05) is 42.5 Å². The molecule has 2 rings (SSSR count). The molecule has 17 heavy (non-hydrogen) atoms. The van der Waals surface area contributed by atoms with Gasteiger partial charge in [0.1, 0.15) is 12.4 Å². The third kappa shape index (κ3) is 3.61. The second-order valence-corrected chi connectivity index (χ2v) is 3.78. The van der Waals surface area contributed by atoms with Gasteiger partial charge in [-0.3, -0.25) is 0 Å². The van der Waals surface area contributed by atoms with Crippen LogP contribution in [0.1, 0.15) is 11.1 Å². The van der Waals surface area contributed by atoms with Gasteiger partial charge in [-0.15, -0.1) is 0 Å². The maximum atomic E-state index is 5.68. The Labute approximate surface area is 102 Å². The van der Waals surface area contributed by atoms with Crippen LogP contribution < -0.4 is 10.5 Å². The number of rotatable bonds is 5. The highest BCUT2D eigenvalue weighted by Crippen LogP contribution is 2.14. The monoisotopic (exact) mass is 226 g/mol. The number of ether oxygens (including phenoxy) is 1. The molecule has 0 aliphatic carbocycles. The fourth-order valence-corrected chi connectivity index (χ4v) is 1.58. The third-order valence-corrected chi connectivity index (χ3v) is 2.48. The summed E-state index contributed by atoms with van der Waals surface area (Å²) in [4.78, 5) is 0. The quantitative estimate of drug-likeness (QED) is 0.850. The first kappa shape index (κ1) is 11.7. The summed E-state index contributed by atoms with van der Waals surface area (Å²) in [5, 5.41) is 0. The normalized spacial score (nSPS) is 10.2. The van der Waals surface area contributed by atoms with Crippen LogP contribution in [0.5, 0.6) is 5.75 Å². The standard InChI is InChI=1S/C15H16NO/c16-11-10-13-6-8-15(9-7-13)17-12-14-4-2-1-3-5-14/h1-10H,11-12,16H2. The van der Waals surface area contributed by atoms with Gasteiger partial charge in [0.2, 0.25) is 0 Å². The molecule has 0 aliphatic rings. The Morgan fingerprint density at radius 1 is 0.941 bits per heavy atom. The second kappa shape index (κ2) is 6.06. The molecule has 0 aromatic heterocycles. The van der Waals surface area contributed by atoms with Crippen LogP contribution in [-0.4, -0.2) is 6.54 Å². The summed E-state index contributed by atoms with van der Waals surface area (Å²) in [5.41, 5.74) is 7.74. The van der Waals surface area contributed by atoms with Gasteiger partial charge in [-0.25, -0.2) is 0 Å². The SMILES string of the molecule is NC[CH]c1ccc(OCc2ccccc2)cc1. The van der Waals surface area contributed by atoms with Gasteiger partial charge >= 0.3 is 0 Å². The molecule has 2 heteroatoms. The van der Waals surface area contributed by atoms with E-state index in [1.54, 1.807) is 0 Å². The van der Waals surface area contributed by atoms with E-state index >= 15 is 0 Å². The molecule has 2 N–H and O–H groups in total. The van der Waals surface area contributed by atoms with Crippen molar-refractivity contribution < 1.29 is 4.74 Å². The van der Waals surface area contributed by atoms with Crippen molar-refractivity contribution in [2.75, 3.05) is 6.54 Å². The Morgan fingerprint density at radius 2 is 1.65 bits per heavy atom. The van der Waals surface area contributed by atoms with Crippen LogP contribution in [-0.2, 0) is 6.61 Å². The predicted molar refractivity (Wildman–Crippen MR) is 69.7 cm³/mol. The first-order valence-corrected chi connectivity index (χ1v) is 5.68. The van der Waals surface area contributed by atoms with Crippen LogP contribution in [0.4, 0.5) is 0 Å². The summed E-state index contributed by atoms with van der Waals surface area (Å²) >= 11 is 0. The van der Waals surface area contributed by atoms with Crippen LogP contribution >= 0.6 is 0 Å². The van der Waals surface area contributed by atoms with Crippen molar-refractivity contribution in [3.63, 3.8) is 0 Å². The summed E-state index contributed by atoms with van der Waals surface area (Å²) in [7, 11) is 0. The Kier molecular flexibility index (Phi) is 4.17. The largest absolute Gasteiger partial charge is 0.489 e. The fraction of sp³-hybridized carbons (Fsp3) is 0.133. The van der Waals surface area contributed by atoms with Crippen LogP contribution in [0.15, 0.2) is 54.6 Å². The van der Waals surface area contributed by atoms with Gasteiger partial charge in [-0.05, 0) is 29.8 Å². The van der Waals surface area contributed by atoms with E-state index in [2.05, 4.69) is 12.1 Å². The third-order valence-electron chi connectivity index (χ3n) is 2.48. The molecule has 87 valence electrons. The summed E-state index contributed by atoms with van der Waals surface area (Å²) < 4.78 is 5.68. The zero-order valence-electron chi connectivity index (χ0n) is 9.67. The van der Waals surface area contributed by atoms with Crippen molar-refractivity contribution in [3.05, 3.63) is 72.1 Å². The maximum Gasteiger partial charge on any atom is 0.119 e. The van der Waals surface area contributed by atoms with E-state index in [9.17, 15) is 0 Å². The molecule has 0 bridgehead atoms. The molecule has 0 spiro atoms. The van der Waals surface area contributed by atoms with Crippen molar-refractivity contribution in [1.82, 2.24) is 0 Å². The molecule has 1 radical (unpaired) electrons. The Balaban J connectivity index is 1.91. The number of benzene rings is 2. The fourth-order valence-electron chi connectivity index (χ4n) is 1.58. The molecule has 0 saturated carbocycles. The number of hydrogen-bond donors (Lipinski definition) is 1. The molecule has 0 atom stereocenters. The first-order chi connectivity index (χ1) is 8.38. The maximum absolute atomic E-state index is 5.68. The second-order valence-electron chi connectivity index (χ2n) is 3.78. The molecular weight excluding hydrogens is 210 g/mol. The van der Waals surface area contributed by atoms with Gasteiger partial charge < -0.3 is 10.5 Å². The van der Waals surface area contributed by atoms with Crippen molar-refractivity contribution in [2.24, 2.45) is 5.73 Å². The molecule has 0 aliphatic heterocycles. The minimum atomic E-state index is 0.560. The van der Waals surface area contributed by atoms with Crippen LogP contribution in [0.3, 0.4) is 0 Å². The van der Waals surface area contributed by atoms with Crippen LogP contribution in [0.2, 0.25) is 0 Å². The molecular formula is C15H16NO. The lowest BCUT2D eigenvalue weighted by Gasteiger charge is -2.06. The van der Waals surface area contributed by atoms with Gasteiger partial charge in [0.15, 0.2) is 0 Å². The van der Waals surface area contributed by atoms with E-state index < -0.39 is 0 Å². The summed E-state index contributed by atoms with van der Waals surface area (Å²) in [6.45, 7) is 1.16. The van der Waals surface area contributed by atoms with E-state index in [0.29, 0.717) is 13.2 Å². The van der Waals surface area contributed by atoms with Gasteiger partial charge in [0.05, 0.1) is 0 Å². The average molecular weight is 226 g/mol. The molecule has 0 fully saturated rings. The van der Waals surface area contributed by atoms with E-state index in [1.807, 2.05) is 48.9 Å². The van der Waals surface area contributed by atoms with Gasteiger partial charge in [-0.2, -0.15) is 0 Å². The van der Waals surface area contributed by atoms with Gasteiger partial charge in [0, 0.05) is 6.42 Å². The molecule has 0 saturated heterocycles. The minimum Gasteiger partial charge on any atom is -0.489 e. The molecule has 0 heterocycles. The lowest BCUT2D eigenvalue weighted by atomic mass is 10.1. The highest BCUT2D eigenvalue weighted by atomic mass is 16.5. The van der Waals surface area contributed by atoms with Crippen molar-refractivity contribution in [3.8, 4) is 5.75 Å². The lowest BCUT2D eigenvalue weighted by Crippen LogP contribution is -2.00. The first-order valence-electron chi connectivity index (χ1n) is 5.68. The topological polar surface area (TPSA) is 35.2 Å². The highest BCUT2D eigenvalue weighted by Gasteiger charge is 1.96. The summed E-state index contributed by atoms with van der Waals surface area (Å²) in [6.07, 6.45) is 1.97. The van der Waals surface area contributed by atoms with Crippen molar-refractivity contribution >= 4 is 0 Å². The Hall–Kier alpha value is -1.80. The smallest absolute Gasteiger partial charge is 0.119 e. The predicted octanol–water partition coefficient (Wildman–Crippen LogP) is 2.78.